The van der Waals surface area contributed by atoms with Crippen LogP contribution in [-0.4, -0.2) is 41.6 Å². The summed E-state index contributed by atoms with van der Waals surface area (Å²) in [6.07, 6.45) is 7.02. The smallest absolute Gasteiger partial charge is 0.254 e. The minimum absolute atomic E-state index is 0.114. The fraction of sp³-hybridized carbons (Fsp3) is 0.429. The summed E-state index contributed by atoms with van der Waals surface area (Å²) in [7, 11) is 0. The summed E-state index contributed by atoms with van der Waals surface area (Å²) in [6.45, 7) is 2.57. The molecule has 0 radical (unpaired) electrons. The Kier molecular flexibility index (Phi) is 5.95. The number of carbonyl (C=O) groups is 1. The third-order valence-electron chi connectivity index (χ3n) is 5.75. The molecule has 28 heavy (non-hydrogen) atoms. The van der Waals surface area contributed by atoms with Gasteiger partial charge in [-0.25, -0.2) is 15.2 Å². The molecule has 2 aliphatic rings. The van der Waals surface area contributed by atoms with Crippen molar-refractivity contribution in [3.63, 3.8) is 0 Å². The van der Waals surface area contributed by atoms with Gasteiger partial charge in [-0.3, -0.25) is 14.7 Å². The first-order chi connectivity index (χ1) is 13.7. The molecule has 0 spiro atoms. The molecule has 6 nitrogen and oxygen atoms in total. The number of nitrogens with one attached hydrogen (secondary N) is 3. The van der Waals surface area contributed by atoms with Gasteiger partial charge < -0.3 is 5.32 Å². The van der Waals surface area contributed by atoms with Crippen LogP contribution in [0.5, 0.6) is 0 Å². The molecule has 2 aliphatic heterocycles. The van der Waals surface area contributed by atoms with E-state index in [2.05, 4.69) is 26.1 Å². The number of rotatable bonds is 5. The molecule has 2 aromatic rings. The molecule has 0 saturated carbocycles. The number of amides is 1. The normalized spacial score (nSPS) is 23.6. The maximum atomic E-state index is 13.7. The van der Waals surface area contributed by atoms with Gasteiger partial charge in [0.2, 0.25) is 0 Å². The van der Waals surface area contributed by atoms with E-state index < -0.39 is 5.82 Å². The SMILES string of the molecule is O=C(NCC1CCN(C2CC(c3ccncc3)NN2)CC1)c1ccccc1F. The van der Waals surface area contributed by atoms with Gasteiger partial charge in [0.1, 0.15) is 5.82 Å². The largest absolute Gasteiger partial charge is 0.352 e. The highest BCUT2D eigenvalue weighted by Crippen LogP contribution is 2.26. The summed E-state index contributed by atoms with van der Waals surface area (Å²) in [4.78, 5) is 18.7. The van der Waals surface area contributed by atoms with E-state index in [9.17, 15) is 9.18 Å². The first-order valence-electron chi connectivity index (χ1n) is 9.88. The molecule has 2 fully saturated rings. The molecular weight excluding hydrogens is 357 g/mol. The summed E-state index contributed by atoms with van der Waals surface area (Å²) >= 11 is 0. The highest BCUT2D eigenvalue weighted by Gasteiger charge is 2.31. The molecule has 3 N–H and O–H groups in total. The molecule has 7 heteroatoms. The van der Waals surface area contributed by atoms with E-state index in [0.29, 0.717) is 24.7 Å². The maximum Gasteiger partial charge on any atom is 0.254 e. The van der Waals surface area contributed by atoms with Gasteiger partial charge >= 0.3 is 0 Å². The van der Waals surface area contributed by atoms with Crippen LogP contribution in [0, 0.1) is 11.7 Å². The van der Waals surface area contributed by atoms with Crippen molar-refractivity contribution in [2.45, 2.75) is 31.5 Å². The van der Waals surface area contributed by atoms with Crippen molar-refractivity contribution < 1.29 is 9.18 Å². The van der Waals surface area contributed by atoms with Crippen LogP contribution in [0.1, 0.15) is 41.2 Å². The number of likely N-dealkylation sites (tertiary alicyclic amines) is 1. The Balaban J connectivity index is 1.22. The zero-order valence-corrected chi connectivity index (χ0v) is 15.8. The summed E-state index contributed by atoms with van der Waals surface area (Å²) in [5.41, 5.74) is 8.16. The van der Waals surface area contributed by atoms with E-state index >= 15 is 0 Å². The van der Waals surface area contributed by atoms with E-state index in [4.69, 9.17) is 0 Å². The summed E-state index contributed by atoms with van der Waals surface area (Å²) in [5, 5.41) is 2.89. The van der Waals surface area contributed by atoms with E-state index in [1.165, 1.54) is 17.7 Å². The van der Waals surface area contributed by atoms with Crippen molar-refractivity contribution in [3.8, 4) is 0 Å². The fourth-order valence-electron chi connectivity index (χ4n) is 4.04. The van der Waals surface area contributed by atoms with Crippen LogP contribution in [0.15, 0.2) is 48.8 Å². The Bertz CT molecular complexity index is 794. The quantitative estimate of drug-likeness (QED) is 0.739. The van der Waals surface area contributed by atoms with Crippen molar-refractivity contribution in [1.29, 1.82) is 0 Å². The van der Waals surface area contributed by atoms with Crippen molar-refractivity contribution in [3.05, 3.63) is 65.7 Å². The summed E-state index contributed by atoms with van der Waals surface area (Å²) in [6, 6.07) is 10.5. The number of carbonyl (C=O) groups excluding carboxylic acids is 1. The Morgan fingerprint density at radius 1 is 1.14 bits per heavy atom. The second-order valence-corrected chi connectivity index (χ2v) is 7.54. The predicted octanol–water partition coefficient (Wildman–Crippen LogP) is 2.23. The molecular formula is C21H26FN5O. The Hall–Kier alpha value is -2.35. The van der Waals surface area contributed by atoms with Gasteiger partial charge in [0.25, 0.3) is 5.91 Å². The van der Waals surface area contributed by atoms with Crippen LogP contribution >= 0.6 is 0 Å². The molecule has 2 saturated heterocycles. The van der Waals surface area contributed by atoms with Gasteiger partial charge in [-0.2, -0.15) is 0 Å². The van der Waals surface area contributed by atoms with Crippen LogP contribution in [0.3, 0.4) is 0 Å². The van der Waals surface area contributed by atoms with Gasteiger partial charge in [-0.15, -0.1) is 0 Å². The average Bonchev–Trinajstić information content (AvgIpc) is 3.24. The summed E-state index contributed by atoms with van der Waals surface area (Å²) < 4.78 is 13.7. The lowest BCUT2D eigenvalue weighted by Gasteiger charge is -2.35. The lowest BCUT2D eigenvalue weighted by Crippen LogP contribution is -2.49. The zero-order chi connectivity index (χ0) is 19.3. The molecule has 1 amide bonds. The lowest BCUT2D eigenvalue weighted by molar-refractivity contribution is 0.0911. The van der Waals surface area contributed by atoms with Crippen molar-refractivity contribution >= 4 is 5.91 Å². The number of hydrogen-bond acceptors (Lipinski definition) is 5. The zero-order valence-electron chi connectivity index (χ0n) is 15.8. The molecule has 0 aliphatic carbocycles. The average molecular weight is 383 g/mol. The highest BCUT2D eigenvalue weighted by molar-refractivity contribution is 5.94. The van der Waals surface area contributed by atoms with Crippen LogP contribution in [0.4, 0.5) is 4.39 Å². The molecule has 2 unspecified atom stereocenters. The molecule has 1 aromatic heterocycles. The fourth-order valence-corrected chi connectivity index (χ4v) is 4.04. The first kappa shape index (κ1) is 19.0. The minimum atomic E-state index is -0.474. The monoisotopic (exact) mass is 383 g/mol. The minimum Gasteiger partial charge on any atom is -0.352 e. The van der Waals surface area contributed by atoms with Crippen LogP contribution in [0.2, 0.25) is 0 Å². The van der Waals surface area contributed by atoms with E-state index in [-0.39, 0.29) is 11.5 Å². The molecule has 1 aromatic carbocycles. The number of piperidine rings is 1. The number of pyridine rings is 1. The van der Waals surface area contributed by atoms with Crippen molar-refractivity contribution in [2.75, 3.05) is 19.6 Å². The molecule has 4 rings (SSSR count). The molecule has 148 valence electrons. The summed E-state index contributed by atoms with van der Waals surface area (Å²) in [5.74, 6) is -0.377. The second-order valence-electron chi connectivity index (χ2n) is 7.54. The Morgan fingerprint density at radius 2 is 1.89 bits per heavy atom. The van der Waals surface area contributed by atoms with Crippen LogP contribution in [-0.2, 0) is 0 Å². The predicted molar refractivity (Wildman–Crippen MR) is 105 cm³/mol. The van der Waals surface area contributed by atoms with E-state index in [1.54, 1.807) is 12.1 Å². The van der Waals surface area contributed by atoms with Crippen molar-refractivity contribution in [2.24, 2.45) is 5.92 Å². The molecule has 2 atom stereocenters. The Morgan fingerprint density at radius 3 is 2.64 bits per heavy atom. The number of hydrazine groups is 1. The number of nitrogens with zero attached hydrogens (tertiary/aromatic N) is 2. The van der Waals surface area contributed by atoms with Gasteiger partial charge in [0.15, 0.2) is 0 Å². The lowest BCUT2D eigenvalue weighted by atomic mass is 9.95. The first-order valence-corrected chi connectivity index (χ1v) is 9.88. The third-order valence-corrected chi connectivity index (χ3v) is 5.75. The van der Waals surface area contributed by atoms with E-state index in [0.717, 1.165) is 32.4 Å². The van der Waals surface area contributed by atoms with Crippen LogP contribution in [0.25, 0.3) is 0 Å². The second kappa shape index (κ2) is 8.77. The van der Waals surface area contributed by atoms with Gasteiger partial charge in [-0.1, -0.05) is 12.1 Å². The standard InChI is InChI=1S/C21H26FN5O/c22-18-4-2-1-3-17(18)21(28)24-14-15-7-11-27(12-8-15)20-13-19(25-26-20)16-5-9-23-10-6-16/h1-6,9-10,15,19-20,25-26H,7-8,11-14H2,(H,24,28). The van der Waals surface area contributed by atoms with E-state index in [1.807, 2.05) is 24.5 Å². The topological polar surface area (TPSA) is 69.3 Å². The number of aromatic nitrogens is 1. The van der Waals surface area contributed by atoms with Gasteiger partial charge in [0.05, 0.1) is 11.7 Å². The number of halogens is 1. The van der Waals surface area contributed by atoms with Crippen molar-refractivity contribution in [1.82, 2.24) is 26.1 Å². The maximum absolute atomic E-state index is 13.7. The van der Waals surface area contributed by atoms with Gasteiger partial charge in [0, 0.05) is 25.0 Å². The van der Waals surface area contributed by atoms with Gasteiger partial charge in [-0.05, 0) is 68.1 Å². The highest BCUT2D eigenvalue weighted by atomic mass is 19.1. The number of benzene rings is 1. The molecule has 3 heterocycles. The van der Waals surface area contributed by atoms with Crippen LogP contribution < -0.4 is 16.2 Å². The Labute approximate surface area is 164 Å². The third kappa shape index (κ3) is 4.38. The molecule has 0 bridgehead atoms. The number of hydrogen-bond donors (Lipinski definition) is 3.